The highest BCUT2D eigenvalue weighted by Crippen LogP contribution is 2.59. The fourth-order valence-corrected chi connectivity index (χ4v) is 0. The standard InChI is InChI=1S/CH4Br2NOP/c2-6(3,5)1-4/h1,4H2. The normalized spacial score (nSPS) is 11.8. The van der Waals surface area contributed by atoms with Gasteiger partial charge in [-0.2, -0.15) is 0 Å². The molecule has 0 aromatic rings. The van der Waals surface area contributed by atoms with E-state index in [0.29, 0.717) is 0 Å². The molecule has 2 N–H and O–H groups in total. The molecule has 0 saturated heterocycles. The molecule has 6 heavy (non-hydrogen) atoms. The van der Waals surface area contributed by atoms with E-state index in [-0.39, 0.29) is 6.29 Å². The average molecular weight is 237 g/mol. The molecule has 0 unspecified atom stereocenters. The van der Waals surface area contributed by atoms with Gasteiger partial charge in [0.2, 0.25) is 4.55 Å². The molecule has 0 aliphatic rings. The summed E-state index contributed by atoms with van der Waals surface area (Å²) in [5.41, 5.74) is 4.95. The molecule has 0 amide bonds. The molecule has 0 spiro atoms. The maximum Gasteiger partial charge on any atom is 0.220 e. The first-order chi connectivity index (χ1) is 2.56. The van der Waals surface area contributed by atoms with Gasteiger partial charge in [-0.05, 0) is 31.0 Å². The van der Waals surface area contributed by atoms with Gasteiger partial charge in [-0.3, -0.25) is 4.57 Å². The monoisotopic (exact) mass is 235 g/mol. The van der Waals surface area contributed by atoms with E-state index in [1.807, 2.05) is 0 Å². The van der Waals surface area contributed by atoms with Crippen LogP contribution in [0.25, 0.3) is 0 Å². The lowest BCUT2D eigenvalue weighted by molar-refractivity contribution is 0.595. The van der Waals surface area contributed by atoms with Gasteiger partial charge in [0.25, 0.3) is 0 Å². The van der Waals surface area contributed by atoms with Crippen LogP contribution in [0.5, 0.6) is 0 Å². The molecule has 5 heteroatoms. The Morgan fingerprint density at radius 3 is 1.83 bits per heavy atom. The molecular formula is CH4Br2NOP. The Hall–Kier alpha value is 1.15. The SMILES string of the molecule is NCP(=O)(Br)Br. The van der Waals surface area contributed by atoms with Gasteiger partial charge in [-0.25, -0.2) is 0 Å². The lowest BCUT2D eigenvalue weighted by atomic mass is 11.6. The maximum atomic E-state index is 10.3. The smallest absolute Gasteiger partial charge is 0.220 e. The summed E-state index contributed by atoms with van der Waals surface area (Å²) in [5, 5.41) is 0. The van der Waals surface area contributed by atoms with Crippen molar-refractivity contribution in [2.45, 2.75) is 0 Å². The van der Waals surface area contributed by atoms with Crippen molar-refractivity contribution in [2.24, 2.45) is 5.73 Å². The minimum atomic E-state index is -2.24. The van der Waals surface area contributed by atoms with E-state index in [0.717, 1.165) is 0 Å². The van der Waals surface area contributed by atoms with Crippen LogP contribution >= 0.6 is 35.5 Å². The van der Waals surface area contributed by atoms with E-state index in [2.05, 4.69) is 31.0 Å². The van der Waals surface area contributed by atoms with Crippen LogP contribution in [-0.2, 0) is 4.57 Å². The molecule has 0 radical (unpaired) electrons. The van der Waals surface area contributed by atoms with Crippen molar-refractivity contribution in [2.75, 3.05) is 6.29 Å². The Balaban J connectivity index is 3.48. The van der Waals surface area contributed by atoms with Gasteiger partial charge in [-0.1, -0.05) is 0 Å². The second-order valence-corrected chi connectivity index (χ2v) is 12.0. The fourth-order valence-electron chi connectivity index (χ4n) is 0. The van der Waals surface area contributed by atoms with Crippen molar-refractivity contribution >= 4 is 35.5 Å². The van der Waals surface area contributed by atoms with Gasteiger partial charge >= 0.3 is 0 Å². The van der Waals surface area contributed by atoms with Crippen LogP contribution in [0.1, 0.15) is 0 Å². The predicted molar refractivity (Wildman–Crippen MR) is 34.5 cm³/mol. The summed E-state index contributed by atoms with van der Waals surface area (Å²) in [6, 6.07) is 0. The molecule has 0 rings (SSSR count). The Labute approximate surface area is 52.3 Å². The second kappa shape index (κ2) is 2.46. The summed E-state index contributed by atoms with van der Waals surface area (Å²) < 4.78 is 8.05. The summed E-state index contributed by atoms with van der Waals surface area (Å²) in [6.45, 7) is 0. The molecule has 2 nitrogen and oxygen atoms in total. The van der Waals surface area contributed by atoms with Crippen LogP contribution < -0.4 is 5.73 Å². The lowest BCUT2D eigenvalue weighted by Gasteiger charge is -1.90. The van der Waals surface area contributed by atoms with Crippen LogP contribution in [0.3, 0.4) is 0 Å². The number of halogens is 2. The molecule has 0 aromatic carbocycles. The van der Waals surface area contributed by atoms with Crippen molar-refractivity contribution in [3.05, 3.63) is 0 Å². The first-order valence-electron chi connectivity index (χ1n) is 1.25. The first kappa shape index (κ1) is 7.15. The van der Waals surface area contributed by atoms with Crippen LogP contribution in [0.2, 0.25) is 0 Å². The zero-order valence-corrected chi connectivity index (χ0v) is 6.96. The topological polar surface area (TPSA) is 43.1 Å². The fraction of sp³-hybridized carbons (Fsp3) is 1.00. The highest BCUT2D eigenvalue weighted by atomic mass is 79.9. The van der Waals surface area contributed by atoms with Gasteiger partial charge in [-0.15, -0.1) is 0 Å². The average Bonchev–Trinajstić information content (AvgIpc) is 1.35. The molecule has 0 fully saturated rings. The summed E-state index contributed by atoms with van der Waals surface area (Å²) in [5.74, 6) is 0. The maximum absolute atomic E-state index is 10.3. The quantitative estimate of drug-likeness (QED) is 0.707. The molecule has 0 aromatic heterocycles. The zero-order chi connectivity index (χ0) is 5.21. The molecule has 0 aliphatic heterocycles. The highest BCUT2D eigenvalue weighted by Gasteiger charge is 2.05. The van der Waals surface area contributed by atoms with E-state index in [1.54, 1.807) is 0 Å². The number of hydrogen-bond acceptors (Lipinski definition) is 2. The predicted octanol–water partition coefficient (Wildman–Crippen LogP) is 1.89. The van der Waals surface area contributed by atoms with Crippen LogP contribution in [0.15, 0.2) is 0 Å². The lowest BCUT2D eigenvalue weighted by Crippen LogP contribution is -1.90. The molecular weight excluding hydrogens is 233 g/mol. The minimum absolute atomic E-state index is 0.160. The van der Waals surface area contributed by atoms with Crippen molar-refractivity contribution in [3.8, 4) is 0 Å². The Kier molecular flexibility index (Phi) is 2.93. The number of nitrogens with two attached hydrogens (primary N) is 1. The summed E-state index contributed by atoms with van der Waals surface area (Å²) in [7, 11) is 0. The highest BCUT2D eigenvalue weighted by molar-refractivity contribution is 9.70. The van der Waals surface area contributed by atoms with E-state index < -0.39 is 4.55 Å². The molecule has 0 atom stereocenters. The van der Waals surface area contributed by atoms with Gasteiger partial charge in [0.05, 0.1) is 6.29 Å². The Bertz CT molecular complexity index is 77.6. The van der Waals surface area contributed by atoms with Gasteiger partial charge < -0.3 is 5.73 Å². The summed E-state index contributed by atoms with van der Waals surface area (Å²) in [6.07, 6.45) is 0.160. The van der Waals surface area contributed by atoms with Gasteiger partial charge in [0.15, 0.2) is 0 Å². The van der Waals surface area contributed by atoms with Crippen molar-refractivity contribution < 1.29 is 4.57 Å². The molecule has 0 bridgehead atoms. The van der Waals surface area contributed by atoms with Gasteiger partial charge in [0.1, 0.15) is 0 Å². The summed E-state index contributed by atoms with van der Waals surface area (Å²) >= 11 is 5.65. The van der Waals surface area contributed by atoms with E-state index in [4.69, 9.17) is 5.73 Å². The minimum Gasteiger partial charge on any atom is -0.323 e. The van der Waals surface area contributed by atoms with Crippen LogP contribution in [-0.4, -0.2) is 6.29 Å². The number of rotatable bonds is 1. The zero-order valence-electron chi connectivity index (χ0n) is 2.90. The molecule has 38 valence electrons. The van der Waals surface area contributed by atoms with E-state index >= 15 is 0 Å². The van der Waals surface area contributed by atoms with Crippen molar-refractivity contribution in [1.82, 2.24) is 0 Å². The number of hydrogen-bond donors (Lipinski definition) is 1. The second-order valence-electron chi connectivity index (χ2n) is 0.753. The van der Waals surface area contributed by atoms with Crippen LogP contribution in [0.4, 0.5) is 0 Å². The molecule has 0 heterocycles. The third-order valence-electron chi connectivity index (χ3n) is 0.213. The molecule has 0 aliphatic carbocycles. The third-order valence-corrected chi connectivity index (χ3v) is 2.38. The first-order valence-corrected chi connectivity index (χ1v) is 7.17. The van der Waals surface area contributed by atoms with Gasteiger partial charge in [0, 0.05) is 0 Å². The Morgan fingerprint density at radius 2 is 1.83 bits per heavy atom. The van der Waals surface area contributed by atoms with Crippen molar-refractivity contribution in [1.29, 1.82) is 0 Å². The largest absolute Gasteiger partial charge is 0.323 e. The van der Waals surface area contributed by atoms with E-state index in [1.165, 1.54) is 0 Å². The molecule has 0 saturated carbocycles. The van der Waals surface area contributed by atoms with E-state index in [9.17, 15) is 4.57 Å². The third kappa shape index (κ3) is 5.15. The van der Waals surface area contributed by atoms with Crippen LogP contribution in [0, 0.1) is 0 Å². The summed E-state index contributed by atoms with van der Waals surface area (Å²) in [4.78, 5) is 0. The Morgan fingerprint density at radius 1 is 1.67 bits per heavy atom. The van der Waals surface area contributed by atoms with Crippen molar-refractivity contribution in [3.63, 3.8) is 0 Å².